The summed E-state index contributed by atoms with van der Waals surface area (Å²) in [6.45, 7) is 1.72. The van der Waals surface area contributed by atoms with Crippen LogP contribution >= 0.6 is 0 Å². The predicted molar refractivity (Wildman–Crippen MR) is 55.6 cm³/mol. The molecule has 0 unspecified atom stereocenters. The third kappa shape index (κ3) is 2.68. The zero-order valence-corrected chi connectivity index (χ0v) is 9.23. The summed E-state index contributed by atoms with van der Waals surface area (Å²) in [5, 5.41) is 10.6. The largest absolute Gasteiger partial charge is 0.490 e. The number of benzene rings is 1. The van der Waals surface area contributed by atoms with Crippen molar-refractivity contribution >= 4 is 11.7 Å². The molecule has 0 saturated heterocycles. The number of methoxy groups -OCH3 is 1. The Kier molecular flexibility index (Phi) is 3.97. The molecule has 0 fully saturated rings. The van der Waals surface area contributed by atoms with Gasteiger partial charge in [-0.25, -0.2) is 4.79 Å². The summed E-state index contributed by atoms with van der Waals surface area (Å²) in [6.07, 6.45) is 0. The minimum atomic E-state index is -1.14. The summed E-state index contributed by atoms with van der Waals surface area (Å²) in [5.74, 6) is -2.23. The fraction of sp³-hybridized carbons (Fsp3) is 0.300. The Bertz CT molecular complexity index is 460. The highest BCUT2D eigenvalue weighted by Gasteiger charge is 2.24. The van der Waals surface area contributed by atoms with E-state index in [4.69, 9.17) is 0 Å². The van der Waals surface area contributed by atoms with Gasteiger partial charge < -0.3 is 9.47 Å². The van der Waals surface area contributed by atoms with Crippen LogP contribution in [0.1, 0.15) is 17.3 Å². The topological polar surface area (TPSA) is 78.7 Å². The maximum absolute atomic E-state index is 13.4. The summed E-state index contributed by atoms with van der Waals surface area (Å²) >= 11 is 0. The van der Waals surface area contributed by atoms with Crippen LogP contribution < -0.4 is 4.74 Å². The number of hydrogen-bond acceptors (Lipinski definition) is 5. The molecule has 0 radical (unpaired) electrons. The van der Waals surface area contributed by atoms with E-state index in [9.17, 15) is 19.3 Å². The molecular formula is C10H10FNO5. The molecule has 1 rings (SSSR count). The van der Waals surface area contributed by atoms with E-state index in [1.807, 2.05) is 0 Å². The number of hydrogen-bond donors (Lipinski definition) is 0. The Morgan fingerprint density at radius 2 is 2.18 bits per heavy atom. The molecule has 0 atom stereocenters. The molecule has 0 aliphatic rings. The number of esters is 1. The van der Waals surface area contributed by atoms with Gasteiger partial charge in [0, 0.05) is 6.07 Å². The van der Waals surface area contributed by atoms with E-state index in [0.29, 0.717) is 0 Å². The molecule has 6 nitrogen and oxygen atoms in total. The number of nitro groups is 1. The Morgan fingerprint density at radius 3 is 2.65 bits per heavy atom. The highest BCUT2D eigenvalue weighted by atomic mass is 19.1. The van der Waals surface area contributed by atoms with Crippen LogP contribution in [0, 0.1) is 15.9 Å². The van der Waals surface area contributed by atoms with Gasteiger partial charge in [-0.3, -0.25) is 10.1 Å². The maximum atomic E-state index is 13.4. The molecule has 0 heterocycles. The van der Waals surface area contributed by atoms with Crippen LogP contribution in [0.4, 0.5) is 10.1 Å². The molecule has 7 heteroatoms. The van der Waals surface area contributed by atoms with Crippen LogP contribution in [0.15, 0.2) is 12.1 Å². The minimum Gasteiger partial charge on any atom is -0.490 e. The van der Waals surface area contributed by atoms with Crippen molar-refractivity contribution in [2.75, 3.05) is 13.7 Å². The average molecular weight is 243 g/mol. The smallest absolute Gasteiger partial charge is 0.346 e. The second-order valence-corrected chi connectivity index (χ2v) is 2.99. The lowest BCUT2D eigenvalue weighted by molar-refractivity contribution is -0.388. The fourth-order valence-corrected chi connectivity index (χ4v) is 1.24. The number of ether oxygens (including phenoxy) is 2. The number of nitrogens with zero attached hydrogens (tertiary/aromatic N) is 1. The Labute approximate surface area is 96.1 Å². The number of rotatable bonds is 4. The molecule has 1 aromatic carbocycles. The Hall–Kier alpha value is -2.18. The van der Waals surface area contributed by atoms with Gasteiger partial charge in [-0.05, 0) is 13.0 Å². The van der Waals surface area contributed by atoms with E-state index in [1.165, 1.54) is 0 Å². The predicted octanol–water partition coefficient (Wildman–Crippen LogP) is 1.92. The van der Waals surface area contributed by atoms with Crippen LogP contribution in [-0.4, -0.2) is 24.6 Å². The van der Waals surface area contributed by atoms with E-state index in [2.05, 4.69) is 9.47 Å². The maximum Gasteiger partial charge on any atom is 0.346 e. The van der Waals surface area contributed by atoms with Crippen molar-refractivity contribution in [1.29, 1.82) is 0 Å². The highest BCUT2D eigenvalue weighted by Crippen LogP contribution is 2.31. The van der Waals surface area contributed by atoms with E-state index in [0.717, 1.165) is 19.2 Å². The van der Waals surface area contributed by atoms with E-state index in [1.54, 1.807) is 6.92 Å². The lowest BCUT2D eigenvalue weighted by Crippen LogP contribution is -2.07. The van der Waals surface area contributed by atoms with Crippen LogP contribution in [0.5, 0.6) is 5.75 Å². The monoisotopic (exact) mass is 243 g/mol. The van der Waals surface area contributed by atoms with Gasteiger partial charge in [-0.1, -0.05) is 0 Å². The average Bonchev–Trinajstić information content (AvgIpc) is 2.27. The SMILES string of the molecule is CCOC(=O)c1cc(F)c([N+](=O)[O-])c(OC)c1. The van der Waals surface area contributed by atoms with Crippen molar-refractivity contribution in [2.24, 2.45) is 0 Å². The third-order valence-electron chi connectivity index (χ3n) is 1.94. The first-order valence-electron chi connectivity index (χ1n) is 4.70. The zero-order valence-electron chi connectivity index (χ0n) is 9.23. The van der Waals surface area contributed by atoms with Gasteiger partial charge in [0.15, 0.2) is 0 Å². The van der Waals surface area contributed by atoms with Gasteiger partial charge >= 0.3 is 11.7 Å². The number of nitro benzene ring substituents is 1. The molecule has 0 aromatic heterocycles. The van der Waals surface area contributed by atoms with Crippen molar-refractivity contribution in [3.8, 4) is 5.75 Å². The van der Waals surface area contributed by atoms with Gasteiger partial charge in [-0.2, -0.15) is 4.39 Å². The van der Waals surface area contributed by atoms with Gasteiger partial charge in [0.1, 0.15) is 0 Å². The molecule has 0 aliphatic carbocycles. The second-order valence-electron chi connectivity index (χ2n) is 2.99. The second kappa shape index (κ2) is 5.24. The van der Waals surface area contributed by atoms with Crippen LogP contribution in [-0.2, 0) is 4.74 Å². The molecule has 0 aliphatic heterocycles. The van der Waals surface area contributed by atoms with Gasteiger partial charge in [0.05, 0.1) is 24.2 Å². The molecule has 92 valence electrons. The van der Waals surface area contributed by atoms with Crippen molar-refractivity contribution < 1.29 is 23.6 Å². The quantitative estimate of drug-likeness (QED) is 0.458. The first-order valence-corrected chi connectivity index (χ1v) is 4.70. The Balaban J connectivity index is 3.27. The molecule has 17 heavy (non-hydrogen) atoms. The van der Waals surface area contributed by atoms with Crippen LogP contribution in [0.3, 0.4) is 0 Å². The normalized spacial score (nSPS) is 9.82. The summed E-state index contributed by atoms with van der Waals surface area (Å²) in [6, 6.07) is 1.82. The fourth-order valence-electron chi connectivity index (χ4n) is 1.24. The molecule has 0 amide bonds. The third-order valence-corrected chi connectivity index (χ3v) is 1.94. The van der Waals surface area contributed by atoms with Crippen molar-refractivity contribution in [1.82, 2.24) is 0 Å². The standard InChI is InChI=1S/C10H10FNO5/c1-3-17-10(13)6-4-7(11)9(12(14)15)8(5-6)16-2/h4-5H,3H2,1-2H3. The first-order chi connectivity index (χ1) is 8.01. The Morgan fingerprint density at radius 1 is 1.53 bits per heavy atom. The van der Waals surface area contributed by atoms with E-state index >= 15 is 0 Å². The molecule has 1 aromatic rings. The summed E-state index contributed by atoms with van der Waals surface area (Å²) in [5.41, 5.74) is -0.938. The summed E-state index contributed by atoms with van der Waals surface area (Å²) < 4.78 is 22.7. The lowest BCUT2D eigenvalue weighted by atomic mass is 10.2. The zero-order chi connectivity index (χ0) is 13.0. The molecular weight excluding hydrogens is 233 g/mol. The van der Waals surface area contributed by atoms with E-state index < -0.39 is 22.4 Å². The first kappa shape index (κ1) is 12.9. The number of carbonyl (C=O) groups is 1. The van der Waals surface area contributed by atoms with E-state index in [-0.39, 0.29) is 17.9 Å². The minimum absolute atomic E-state index is 0.125. The van der Waals surface area contributed by atoms with Crippen molar-refractivity contribution in [3.63, 3.8) is 0 Å². The number of carbonyl (C=O) groups excluding carboxylic acids is 1. The highest BCUT2D eigenvalue weighted by molar-refractivity contribution is 5.90. The van der Waals surface area contributed by atoms with Crippen LogP contribution in [0.2, 0.25) is 0 Å². The number of halogens is 1. The molecule has 0 N–H and O–H groups in total. The molecule has 0 spiro atoms. The van der Waals surface area contributed by atoms with Crippen molar-refractivity contribution in [2.45, 2.75) is 6.92 Å². The molecule has 0 saturated carbocycles. The summed E-state index contributed by atoms with van der Waals surface area (Å²) in [7, 11) is 1.15. The van der Waals surface area contributed by atoms with Gasteiger partial charge in [0.2, 0.25) is 11.6 Å². The van der Waals surface area contributed by atoms with Crippen molar-refractivity contribution in [3.05, 3.63) is 33.6 Å². The lowest BCUT2D eigenvalue weighted by Gasteiger charge is -2.06. The molecule has 0 bridgehead atoms. The summed E-state index contributed by atoms with van der Waals surface area (Å²) in [4.78, 5) is 21.0. The van der Waals surface area contributed by atoms with Crippen LogP contribution in [0.25, 0.3) is 0 Å². The van der Waals surface area contributed by atoms with Gasteiger partial charge in [-0.15, -0.1) is 0 Å². The van der Waals surface area contributed by atoms with Gasteiger partial charge in [0.25, 0.3) is 0 Å².